The molecule has 2 aliphatic rings. The number of fused-ring (bicyclic) bond motifs is 1. The Bertz CT molecular complexity index is 883. The van der Waals surface area contributed by atoms with E-state index in [1.807, 2.05) is 4.90 Å². The SMILES string of the molecule is CC1CCCN(C(=O)c2cccc(C(=O)Nc3ccc4c(c3)OCO4)n2)C1. The third kappa shape index (κ3) is 3.72. The zero-order valence-electron chi connectivity index (χ0n) is 15.1. The molecule has 2 amide bonds. The van der Waals surface area contributed by atoms with Gasteiger partial charge in [-0.15, -0.1) is 0 Å². The van der Waals surface area contributed by atoms with E-state index in [1.165, 1.54) is 0 Å². The van der Waals surface area contributed by atoms with Crippen molar-refractivity contribution in [3.63, 3.8) is 0 Å². The number of aromatic nitrogens is 1. The number of piperidine rings is 1. The van der Waals surface area contributed by atoms with Crippen molar-refractivity contribution in [1.82, 2.24) is 9.88 Å². The molecule has 1 aromatic carbocycles. The largest absolute Gasteiger partial charge is 0.454 e. The maximum absolute atomic E-state index is 12.7. The number of hydrogen-bond acceptors (Lipinski definition) is 5. The zero-order valence-corrected chi connectivity index (χ0v) is 15.1. The Hall–Kier alpha value is -3.09. The number of likely N-dealkylation sites (tertiary alicyclic amines) is 1. The first-order chi connectivity index (χ1) is 13.1. The van der Waals surface area contributed by atoms with E-state index < -0.39 is 0 Å². The second-order valence-corrected chi connectivity index (χ2v) is 6.93. The quantitative estimate of drug-likeness (QED) is 0.902. The Morgan fingerprint density at radius 1 is 1.15 bits per heavy atom. The van der Waals surface area contributed by atoms with Crippen molar-refractivity contribution in [1.29, 1.82) is 0 Å². The molecule has 2 aromatic rings. The third-order valence-corrected chi connectivity index (χ3v) is 4.78. The summed E-state index contributed by atoms with van der Waals surface area (Å²) in [5.74, 6) is 1.22. The van der Waals surface area contributed by atoms with Gasteiger partial charge in [0.1, 0.15) is 11.4 Å². The van der Waals surface area contributed by atoms with Crippen molar-refractivity contribution in [2.75, 3.05) is 25.2 Å². The van der Waals surface area contributed by atoms with E-state index in [9.17, 15) is 9.59 Å². The van der Waals surface area contributed by atoms with E-state index >= 15 is 0 Å². The number of nitrogens with one attached hydrogen (secondary N) is 1. The number of carbonyl (C=O) groups is 2. The predicted octanol–water partition coefficient (Wildman–Crippen LogP) is 2.93. The van der Waals surface area contributed by atoms with E-state index in [0.29, 0.717) is 28.8 Å². The van der Waals surface area contributed by atoms with Crippen molar-refractivity contribution in [2.24, 2.45) is 5.92 Å². The van der Waals surface area contributed by atoms with E-state index in [0.717, 1.165) is 25.9 Å². The van der Waals surface area contributed by atoms with Crippen LogP contribution in [0.25, 0.3) is 0 Å². The summed E-state index contributed by atoms with van der Waals surface area (Å²) in [7, 11) is 0. The second kappa shape index (κ2) is 7.26. The molecule has 0 radical (unpaired) electrons. The van der Waals surface area contributed by atoms with Gasteiger partial charge in [-0.3, -0.25) is 9.59 Å². The molecule has 0 bridgehead atoms. The molecule has 1 fully saturated rings. The minimum atomic E-state index is -0.379. The van der Waals surface area contributed by atoms with Gasteiger partial charge in [0.05, 0.1) is 0 Å². The average molecular weight is 367 g/mol. The molecule has 1 aromatic heterocycles. The number of amides is 2. The van der Waals surface area contributed by atoms with Gasteiger partial charge in [-0.2, -0.15) is 0 Å². The summed E-state index contributed by atoms with van der Waals surface area (Å²) < 4.78 is 10.6. The average Bonchev–Trinajstić information content (AvgIpc) is 3.15. The van der Waals surface area contributed by atoms with Gasteiger partial charge < -0.3 is 19.7 Å². The van der Waals surface area contributed by atoms with E-state index in [-0.39, 0.29) is 24.3 Å². The van der Waals surface area contributed by atoms with E-state index in [4.69, 9.17) is 9.47 Å². The number of anilines is 1. The molecule has 1 N–H and O–H groups in total. The maximum atomic E-state index is 12.7. The highest BCUT2D eigenvalue weighted by Gasteiger charge is 2.23. The fourth-order valence-corrected chi connectivity index (χ4v) is 3.39. The molecule has 140 valence electrons. The van der Waals surface area contributed by atoms with Crippen LogP contribution in [-0.4, -0.2) is 41.6 Å². The Kier molecular flexibility index (Phi) is 4.66. The Labute approximate surface area is 157 Å². The molecule has 0 saturated carbocycles. The van der Waals surface area contributed by atoms with Crippen LogP contribution in [0.5, 0.6) is 11.5 Å². The first kappa shape index (κ1) is 17.3. The lowest BCUT2D eigenvalue weighted by Crippen LogP contribution is -2.39. The van der Waals surface area contributed by atoms with Crippen LogP contribution in [-0.2, 0) is 0 Å². The van der Waals surface area contributed by atoms with Crippen molar-refractivity contribution < 1.29 is 19.1 Å². The van der Waals surface area contributed by atoms with Gasteiger partial charge in [0.2, 0.25) is 6.79 Å². The van der Waals surface area contributed by atoms with Gasteiger partial charge in [-0.1, -0.05) is 13.0 Å². The number of hydrogen-bond donors (Lipinski definition) is 1. The minimum Gasteiger partial charge on any atom is -0.454 e. The van der Waals surface area contributed by atoms with Crippen LogP contribution in [0.2, 0.25) is 0 Å². The van der Waals surface area contributed by atoms with Crippen molar-refractivity contribution in [3.8, 4) is 11.5 Å². The molecule has 1 saturated heterocycles. The molecule has 1 atom stereocenters. The Morgan fingerprint density at radius 3 is 2.81 bits per heavy atom. The fraction of sp³-hybridized carbons (Fsp3) is 0.350. The molecule has 0 aliphatic carbocycles. The highest BCUT2D eigenvalue weighted by atomic mass is 16.7. The van der Waals surface area contributed by atoms with Gasteiger partial charge in [0.15, 0.2) is 11.5 Å². The van der Waals surface area contributed by atoms with Crippen LogP contribution in [0.15, 0.2) is 36.4 Å². The van der Waals surface area contributed by atoms with Crippen LogP contribution in [0, 0.1) is 5.92 Å². The molecule has 1 unspecified atom stereocenters. The standard InChI is InChI=1S/C20H21N3O4/c1-13-4-3-9-23(11-13)20(25)16-6-2-5-15(22-16)19(24)21-14-7-8-17-18(10-14)27-12-26-17/h2,5-8,10,13H,3-4,9,11-12H2,1H3,(H,21,24). The van der Waals surface area contributed by atoms with E-state index in [2.05, 4.69) is 17.2 Å². The molecular weight excluding hydrogens is 346 g/mol. The number of rotatable bonds is 3. The number of carbonyl (C=O) groups excluding carboxylic acids is 2. The van der Waals surface area contributed by atoms with Gasteiger partial charge in [-0.05, 0) is 43.0 Å². The van der Waals surface area contributed by atoms with Crippen molar-refractivity contribution in [2.45, 2.75) is 19.8 Å². The fourth-order valence-electron chi connectivity index (χ4n) is 3.39. The van der Waals surface area contributed by atoms with E-state index in [1.54, 1.807) is 36.4 Å². The van der Waals surface area contributed by atoms with Crippen LogP contribution < -0.4 is 14.8 Å². The molecule has 3 heterocycles. The van der Waals surface area contributed by atoms with Crippen molar-refractivity contribution in [3.05, 3.63) is 47.8 Å². The predicted molar refractivity (Wildman–Crippen MR) is 99.1 cm³/mol. The van der Waals surface area contributed by atoms with Gasteiger partial charge in [-0.25, -0.2) is 4.98 Å². The lowest BCUT2D eigenvalue weighted by atomic mass is 10.00. The molecule has 4 rings (SSSR count). The monoisotopic (exact) mass is 367 g/mol. The third-order valence-electron chi connectivity index (χ3n) is 4.78. The summed E-state index contributed by atoms with van der Waals surface area (Å²) in [6, 6.07) is 10.1. The van der Waals surface area contributed by atoms with Gasteiger partial charge >= 0.3 is 0 Å². The summed E-state index contributed by atoms with van der Waals surface area (Å²) in [5.41, 5.74) is 1.07. The molecule has 2 aliphatic heterocycles. The first-order valence-corrected chi connectivity index (χ1v) is 9.07. The highest BCUT2D eigenvalue weighted by Crippen LogP contribution is 2.34. The number of ether oxygens (including phenoxy) is 2. The summed E-state index contributed by atoms with van der Waals surface area (Å²) in [5, 5.41) is 2.78. The number of benzene rings is 1. The highest BCUT2D eigenvalue weighted by molar-refractivity contribution is 6.04. The smallest absolute Gasteiger partial charge is 0.274 e. The van der Waals surface area contributed by atoms with Crippen LogP contribution in [0.4, 0.5) is 5.69 Å². The maximum Gasteiger partial charge on any atom is 0.274 e. The number of nitrogens with zero attached hydrogens (tertiary/aromatic N) is 2. The Morgan fingerprint density at radius 2 is 1.96 bits per heavy atom. The second-order valence-electron chi connectivity index (χ2n) is 6.93. The molecule has 7 heteroatoms. The van der Waals surface area contributed by atoms with Crippen molar-refractivity contribution >= 4 is 17.5 Å². The molecular formula is C20H21N3O4. The lowest BCUT2D eigenvalue weighted by molar-refractivity contribution is 0.0677. The summed E-state index contributed by atoms with van der Waals surface area (Å²) >= 11 is 0. The summed E-state index contributed by atoms with van der Waals surface area (Å²) in [4.78, 5) is 31.4. The Balaban J connectivity index is 1.48. The van der Waals surface area contributed by atoms with Crippen LogP contribution in [0.1, 0.15) is 40.7 Å². The van der Waals surface area contributed by atoms with Crippen LogP contribution >= 0.6 is 0 Å². The first-order valence-electron chi connectivity index (χ1n) is 9.07. The minimum absolute atomic E-state index is 0.126. The number of pyridine rings is 1. The van der Waals surface area contributed by atoms with Gasteiger partial charge in [0, 0.05) is 24.8 Å². The molecule has 27 heavy (non-hydrogen) atoms. The summed E-state index contributed by atoms with van der Waals surface area (Å²) in [6.45, 7) is 3.78. The molecule has 7 nitrogen and oxygen atoms in total. The lowest BCUT2D eigenvalue weighted by Gasteiger charge is -2.30. The topological polar surface area (TPSA) is 80.8 Å². The van der Waals surface area contributed by atoms with Gasteiger partial charge in [0.25, 0.3) is 11.8 Å². The van der Waals surface area contributed by atoms with Crippen LogP contribution in [0.3, 0.4) is 0 Å². The summed E-state index contributed by atoms with van der Waals surface area (Å²) in [6.07, 6.45) is 2.13. The molecule has 0 spiro atoms. The zero-order chi connectivity index (χ0) is 18.8. The normalized spacial score (nSPS) is 18.3.